The van der Waals surface area contributed by atoms with Gasteiger partial charge in [-0.05, 0) is 52.4 Å². The maximum atomic E-state index is 5.81. The van der Waals surface area contributed by atoms with Crippen molar-refractivity contribution in [1.82, 2.24) is 25.2 Å². The predicted molar refractivity (Wildman–Crippen MR) is 107 cm³/mol. The van der Waals surface area contributed by atoms with E-state index in [1.807, 2.05) is 36.6 Å². The minimum absolute atomic E-state index is 0.495. The largest absolute Gasteiger partial charge is 0.440 e. The van der Waals surface area contributed by atoms with Gasteiger partial charge in [0.15, 0.2) is 0 Å². The van der Waals surface area contributed by atoms with E-state index in [-0.39, 0.29) is 0 Å². The predicted octanol–water partition coefficient (Wildman–Crippen LogP) is 5.10. The normalized spacial score (nSPS) is 11.4. The van der Waals surface area contributed by atoms with Crippen LogP contribution in [0.15, 0.2) is 51.4 Å². The number of aryl methyl sites for hydroxylation is 1. The molecule has 0 atom stereocenters. The summed E-state index contributed by atoms with van der Waals surface area (Å²) in [4.78, 5) is 5.66. The number of nitrogens with zero attached hydrogens (tertiary/aromatic N) is 5. The van der Waals surface area contributed by atoms with Crippen LogP contribution in [0.25, 0.3) is 16.5 Å². The van der Waals surface area contributed by atoms with Gasteiger partial charge in [0.05, 0.1) is 16.3 Å². The fourth-order valence-electron chi connectivity index (χ4n) is 2.63. The van der Waals surface area contributed by atoms with Crippen LogP contribution in [0.2, 0.25) is 0 Å². The van der Waals surface area contributed by atoms with Crippen molar-refractivity contribution in [2.45, 2.75) is 37.6 Å². The maximum Gasteiger partial charge on any atom is 0.236 e. The zero-order valence-electron chi connectivity index (χ0n) is 15.3. The Bertz CT molecular complexity index is 1020. The number of rotatable bonds is 6. The Morgan fingerprint density at radius 1 is 1.19 bits per heavy atom. The highest BCUT2D eigenvalue weighted by Gasteiger charge is 2.15. The molecule has 6 nitrogen and oxygen atoms in total. The number of thiophene rings is 1. The summed E-state index contributed by atoms with van der Waals surface area (Å²) >= 11 is 3.16. The van der Waals surface area contributed by atoms with Crippen LogP contribution in [0.4, 0.5) is 0 Å². The molecule has 138 valence electrons. The van der Waals surface area contributed by atoms with Gasteiger partial charge < -0.3 is 4.42 Å². The summed E-state index contributed by atoms with van der Waals surface area (Å²) in [5.74, 6) is 2.63. The van der Waals surface area contributed by atoms with E-state index >= 15 is 0 Å². The van der Waals surface area contributed by atoms with E-state index < -0.39 is 0 Å². The minimum Gasteiger partial charge on any atom is -0.440 e. The van der Waals surface area contributed by atoms with Gasteiger partial charge in [-0.3, -0.25) is 0 Å². The molecule has 0 spiro atoms. The number of thioether (sulfide) groups is 1. The molecule has 27 heavy (non-hydrogen) atoms. The molecule has 0 bridgehead atoms. The van der Waals surface area contributed by atoms with E-state index in [2.05, 4.69) is 46.5 Å². The first-order chi connectivity index (χ1) is 13.1. The van der Waals surface area contributed by atoms with Crippen molar-refractivity contribution in [2.75, 3.05) is 0 Å². The molecule has 8 heteroatoms. The Labute approximate surface area is 165 Å². The summed E-state index contributed by atoms with van der Waals surface area (Å²) in [5, 5.41) is 14.9. The molecule has 0 saturated carbocycles. The fraction of sp³-hybridized carbons (Fsp3) is 0.263. The molecule has 0 aliphatic heterocycles. The molecule has 0 saturated heterocycles. The van der Waals surface area contributed by atoms with Crippen LogP contribution in [-0.2, 0) is 5.75 Å². The maximum absolute atomic E-state index is 5.81. The zero-order chi connectivity index (χ0) is 18.8. The highest BCUT2D eigenvalue weighted by Crippen LogP contribution is 2.29. The van der Waals surface area contributed by atoms with E-state index in [4.69, 9.17) is 4.42 Å². The second-order valence-electron chi connectivity index (χ2n) is 6.41. The Hall–Kier alpha value is -2.45. The summed E-state index contributed by atoms with van der Waals surface area (Å²) in [5.41, 5.74) is 3.15. The number of benzene rings is 1. The quantitative estimate of drug-likeness (QED) is 0.421. The van der Waals surface area contributed by atoms with Crippen molar-refractivity contribution in [3.8, 4) is 16.5 Å². The van der Waals surface area contributed by atoms with E-state index in [9.17, 15) is 0 Å². The molecule has 0 radical (unpaired) electrons. The lowest BCUT2D eigenvalue weighted by atomic mass is 10.0. The monoisotopic (exact) mass is 397 g/mol. The second-order valence-corrected chi connectivity index (χ2v) is 8.30. The molecule has 4 aromatic rings. The summed E-state index contributed by atoms with van der Waals surface area (Å²) in [6, 6.07) is 12.3. The van der Waals surface area contributed by atoms with Gasteiger partial charge in [-0.1, -0.05) is 43.8 Å². The lowest BCUT2D eigenvalue weighted by Crippen LogP contribution is -2.00. The summed E-state index contributed by atoms with van der Waals surface area (Å²) in [6.45, 7) is 6.30. The summed E-state index contributed by atoms with van der Waals surface area (Å²) in [7, 11) is 0. The van der Waals surface area contributed by atoms with E-state index in [1.165, 1.54) is 5.56 Å². The first-order valence-corrected chi connectivity index (χ1v) is 10.5. The van der Waals surface area contributed by atoms with Gasteiger partial charge in [0.2, 0.25) is 11.0 Å². The SMILES string of the molecule is Cc1oc(-c2cccs2)nc1CSc1nnnn1-c1ccc(C(C)C)cc1. The Morgan fingerprint density at radius 3 is 2.70 bits per heavy atom. The van der Waals surface area contributed by atoms with E-state index in [0.717, 1.165) is 27.2 Å². The van der Waals surface area contributed by atoms with Gasteiger partial charge in [-0.2, -0.15) is 4.68 Å². The third kappa shape index (κ3) is 3.81. The molecule has 0 N–H and O–H groups in total. The Kier molecular flexibility index (Phi) is 5.09. The van der Waals surface area contributed by atoms with Gasteiger partial charge in [0.25, 0.3) is 0 Å². The summed E-state index contributed by atoms with van der Waals surface area (Å²) in [6.07, 6.45) is 0. The lowest BCUT2D eigenvalue weighted by molar-refractivity contribution is 0.542. The average Bonchev–Trinajstić information content (AvgIpc) is 3.41. The average molecular weight is 398 g/mol. The molecule has 3 heterocycles. The van der Waals surface area contributed by atoms with E-state index in [1.54, 1.807) is 27.8 Å². The number of aromatic nitrogens is 5. The van der Waals surface area contributed by atoms with Crippen molar-refractivity contribution in [1.29, 1.82) is 0 Å². The van der Waals surface area contributed by atoms with Crippen molar-refractivity contribution in [3.63, 3.8) is 0 Å². The first-order valence-electron chi connectivity index (χ1n) is 8.63. The molecular formula is C19H19N5OS2. The van der Waals surface area contributed by atoms with Gasteiger partial charge in [0, 0.05) is 5.75 Å². The third-order valence-electron chi connectivity index (χ3n) is 4.21. The van der Waals surface area contributed by atoms with Crippen LogP contribution in [0.5, 0.6) is 0 Å². The summed E-state index contributed by atoms with van der Waals surface area (Å²) < 4.78 is 7.56. The Balaban J connectivity index is 1.51. The standard InChI is InChI=1S/C19H19N5OS2/c1-12(2)14-6-8-15(9-7-14)24-19(21-22-23-24)27-11-16-13(3)25-18(20-16)17-5-4-10-26-17/h4-10,12H,11H2,1-3H3. The topological polar surface area (TPSA) is 69.6 Å². The zero-order valence-corrected chi connectivity index (χ0v) is 16.9. The molecule has 4 rings (SSSR count). The fourth-order valence-corrected chi connectivity index (χ4v) is 4.17. The number of tetrazole rings is 1. The number of hydrogen-bond acceptors (Lipinski definition) is 7. The number of oxazole rings is 1. The van der Waals surface area contributed by atoms with Crippen LogP contribution in [0.3, 0.4) is 0 Å². The van der Waals surface area contributed by atoms with Crippen LogP contribution in [0.1, 0.15) is 36.8 Å². The molecule has 3 aromatic heterocycles. The molecule has 0 unspecified atom stereocenters. The van der Waals surface area contributed by atoms with Gasteiger partial charge in [0.1, 0.15) is 5.76 Å². The van der Waals surface area contributed by atoms with Gasteiger partial charge in [-0.25, -0.2) is 4.98 Å². The van der Waals surface area contributed by atoms with Gasteiger partial charge in [-0.15, -0.1) is 16.4 Å². The van der Waals surface area contributed by atoms with Crippen LogP contribution < -0.4 is 0 Å². The van der Waals surface area contributed by atoms with Crippen LogP contribution >= 0.6 is 23.1 Å². The molecule has 0 aliphatic rings. The van der Waals surface area contributed by atoms with Crippen molar-refractivity contribution in [3.05, 3.63) is 58.8 Å². The lowest BCUT2D eigenvalue weighted by Gasteiger charge is -2.07. The van der Waals surface area contributed by atoms with Crippen molar-refractivity contribution in [2.24, 2.45) is 0 Å². The first kappa shape index (κ1) is 17.9. The highest BCUT2D eigenvalue weighted by molar-refractivity contribution is 7.98. The molecule has 1 aromatic carbocycles. The van der Waals surface area contributed by atoms with Crippen molar-refractivity contribution < 1.29 is 4.42 Å². The molecule has 0 aliphatic carbocycles. The highest BCUT2D eigenvalue weighted by atomic mass is 32.2. The van der Waals surface area contributed by atoms with E-state index in [0.29, 0.717) is 17.6 Å². The third-order valence-corrected chi connectivity index (χ3v) is 6.00. The molecule has 0 fully saturated rings. The Morgan fingerprint density at radius 2 is 2.00 bits per heavy atom. The van der Waals surface area contributed by atoms with Crippen LogP contribution in [-0.4, -0.2) is 25.2 Å². The van der Waals surface area contributed by atoms with Crippen molar-refractivity contribution >= 4 is 23.1 Å². The minimum atomic E-state index is 0.495. The van der Waals surface area contributed by atoms with Gasteiger partial charge >= 0.3 is 0 Å². The smallest absolute Gasteiger partial charge is 0.236 e. The van der Waals surface area contributed by atoms with Crippen LogP contribution in [0, 0.1) is 6.92 Å². The molecular weight excluding hydrogens is 378 g/mol. The number of hydrogen-bond donors (Lipinski definition) is 0. The molecule has 0 amide bonds. The second kappa shape index (κ2) is 7.66.